The molecule has 1 aliphatic rings. The lowest BCUT2D eigenvalue weighted by Gasteiger charge is -2.15. The number of aromatic amines is 1. The Bertz CT molecular complexity index is 616. The molecular weight excluding hydrogens is 260 g/mol. The Labute approximate surface area is 126 Å². The van der Waals surface area contributed by atoms with E-state index in [1.165, 1.54) is 30.2 Å². The highest BCUT2D eigenvalue weighted by Crippen LogP contribution is 2.30. The number of para-hydroxylation sites is 1. The Morgan fingerprint density at radius 2 is 2.19 bits per heavy atom. The number of carbonyl (C=O) groups excluding carboxylic acids is 1. The highest BCUT2D eigenvalue weighted by Gasteiger charge is 2.23. The molecule has 1 heterocycles. The van der Waals surface area contributed by atoms with Gasteiger partial charge in [-0.3, -0.25) is 4.79 Å². The van der Waals surface area contributed by atoms with Crippen LogP contribution in [-0.2, 0) is 11.2 Å². The van der Waals surface area contributed by atoms with E-state index in [0.717, 1.165) is 24.4 Å². The fraction of sp³-hybridized carbons (Fsp3) is 0.500. The van der Waals surface area contributed by atoms with E-state index in [4.69, 9.17) is 0 Å². The first-order chi connectivity index (χ1) is 10.2. The third-order valence-corrected chi connectivity index (χ3v) is 4.90. The monoisotopic (exact) mass is 284 g/mol. The van der Waals surface area contributed by atoms with Crippen molar-refractivity contribution >= 4 is 16.8 Å². The predicted octanol–water partition coefficient (Wildman–Crippen LogP) is 3.65. The number of amides is 1. The highest BCUT2D eigenvalue weighted by atomic mass is 16.1. The lowest BCUT2D eigenvalue weighted by atomic mass is 9.98. The molecule has 3 heteroatoms. The molecule has 1 saturated carbocycles. The van der Waals surface area contributed by atoms with Crippen molar-refractivity contribution in [2.24, 2.45) is 11.8 Å². The summed E-state index contributed by atoms with van der Waals surface area (Å²) in [7, 11) is 0. The lowest BCUT2D eigenvalue weighted by molar-refractivity contribution is -0.121. The Morgan fingerprint density at radius 3 is 3.00 bits per heavy atom. The van der Waals surface area contributed by atoms with E-state index >= 15 is 0 Å². The van der Waals surface area contributed by atoms with Gasteiger partial charge in [0, 0.05) is 30.1 Å². The molecule has 2 aromatic rings. The van der Waals surface area contributed by atoms with E-state index in [-0.39, 0.29) is 5.91 Å². The van der Waals surface area contributed by atoms with Gasteiger partial charge in [0.1, 0.15) is 0 Å². The number of rotatable bonds is 5. The number of fused-ring (bicyclic) bond motifs is 1. The van der Waals surface area contributed by atoms with Gasteiger partial charge in [-0.1, -0.05) is 38.0 Å². The van der Waals surface area contributed by atoms with Gasteiger partial charge in [-0.15, -0.1) is 0 Å². The van der Waals surface area contributed by atoms with Crippen molar-refractivity contribution in [3.8, 4) is 0 Å². The summed E-state index contributed by atoms with van der Waals surface area (Å²) in [6, 6.07) is 8.25. The second kappa shape index (κ2) is 6.33. The molecule has 1 aromatic carbocycles. The topological polar surface area (TPSA) is 44.9 Å². The van der Waals surface area contributed by atoms with E-state index < -0.39 is 0 Å². The summed E-state index contributed by atoms with van der Waals surface area (Å²) in [5.74, 6) is 1.63. The molecule has 0 aliphatic heterocycles. The number of nitrogens with one attached hydrogen (secondary N) is 2. The molecule has 2 unspecified atom stereocenters. The summed E-state index contributed by atoms with van der Waals surface area (Å²) in [4.78, 5) is 15.3. The van der Waals surface area contributed by atoms with Crippen LogP contribution >= 0.6 is 0 Å². The van der Waals surface area contributed by atoms with E-state index in [1.807, 2.05) is 18.3 Å². The summed E-state index contributed by atoms with van der Waals surface area (Å²) in [5.41, 5.74) is 2.38. The number of benzene rings is 1. The third-order valence-electron chi connectivity index (χ3n) is 4.90. The Hall–Kier alpha value is -1.77. The van der Waals surface area contributed by atoms with E-state index in [1.54, 1.807) is 0 Å². The molecule has 3 nitrogen and oxygen atoms in total. The highest BCUT2D eigenvalue weighted by molar-refractivity contribution is 5.84. The van der Waals surface area contributed by atoms with Crippen LogP contribution in [0.3, 0.4) is 0 Å². The van der Waals surface area contributed by atoms with Gasteiger partial charge in [0.2, 0.25) is 5.91 Å². The minimum absolute atomic E-state index is 0.180. The van der Waals surface area contributed by atoms with Crippen molar-refractivity contribution in [2.45, 2.75) is 39.0 Å². The second-order valence-electron chi connectivity index (χ2n) is 6.33. The van der Waals surface area contributed by atoms with Crippen LogP contribution < -0.4 is 5.32 Å². The summed E-state index contributed by atoms with van der Waals surface area (Å²) >= 11 is 0. The Balaban J connectivity index is 1.49. The van der Waals surface area contributed by atoms with Gasteiger partial charge < -0.3 is 10.3 Å². The maximum atomic E-state index is 12.0. The molecule has 0 radical (unpaired) electrons. The van der Waals surface area contributed by atoms with Crippen molar-refractivity contribution in [1.29, 1.82) is 0 Å². The molecule has 1 fully saturated rings. The van der Waals surface area contributed by atoms with Gasteiger partial charge in [0.25, 0.3) is 0 Å². The van der Waals surface area contributed by atoms with Crippen LogP contribution in [0.1, 0.15) is 38.2 Å². The third kappa shape index (κ3) is 3.29. The number of H-pyrrole nitrogens is 1. The number of hydrogen-bond donors (Lipinski definition) is 2. The first-order valence-corrected chi connectivity index (χ1v) is 8.05. The zero-order chi connectivity index (χ0) is 14.7. The molecular formula is C18H24N2O. The van der Waals surface area contributed by atoms with E-state index in [0.29, 0.717) is 12.3 Å². The van der Waals surface area contributed by atoms with Gasteiger partial charge >= 0.3 is 0 Å². The zero-order valence-corrected chi connectivity index (χ0v) is 12.7. The quantitative estimate of drug-likeness (QED) is 0.865. The van der Waals surface area contributed by atoms with Crippen LogP contribution in [0, 0.1) is 11.8 Å². The average molecular weight is 284 g/mol. The van der Waals surface area contributed by atoms with E-state index in [2.05, 4.69) is 29.4 Å². The van der Waals surface area contributed by atoms with Crippen LogP contribution in [0.4, 0.5) is 0 Å². The van der Waals surface area contributed by atoms with Crippen LogP contribution in [0.2, 0.25) is 0 Å². The molecule has 21 heavy (non-hydrogen) atoms. The van der Waals surface area contributed by atoms with Crippen LogP contribution in [0.15, 0.2) is 30.5 Å². The largest absolute Gasteiger partial charge is 0.361 e. The van der Waals surface area contributed by atoms with Crippen molar-refractivity contribution in [2.75, 3.05) is 6.54 Å². The number of carbonyl (C=O) groups is 1. The molecule has 0 bridgehead atoms. The van der Waals surface area contributed by atoms with Gasteiger partial charge in [-0.25, -0.2) is 0 Å². The molecule has 3 rings (SSSR count). The minimum atomic E-state index is 0.180. The standard InChI is InChI=1S/C18H24N2O/c1-13-5-4-6-14(13)11-20-18(21)10-9-15-12-19-17-8-3-2-7-16(15)17/h2-3,7-8,12-14,19H,4-6,9-11H2,1H3,(H,20,21). The molecule has 2 atom stereocenters. The van der Waals surface area contributed by atoms with Gasteiger partial charge in [-0.05, 0) is 36.3 Å². The van der Waals surface area contributed by atoms with Crippen molar-refractivity contribution < 1.29 is 4.79 Å². The van der Waals surface area contributed by atoms with Crippen molar-refractivity contribution in [3.05, 3.63) is 36.0 Å². The van der Waals surface area contributed by atoms with Gasteiger partial charge in [0.15, 0.2) is 0 Å². The normalized spacial score (nSPS) is 21.8. The molecule has 1 aliphatic carbocycles. The maximum absolute atomic E-state index is 12.0. The lowest BCUT2D eigenvalue weighted by Crippen LogP contribution is -2.30. The number of aryl methyl sites for hydroxylation is 1. The summed E-state index contributed by atoms with van der Waals surface area (Å²) in [5, 5.41) is 4.35. The Kier molecular flexibility index (Phi) is 4.28. The Morgan fingerprint density at radius 1 is 1.33 bits per heavy atom. The molecule has 1 aromatic heterocycles. The van der Waals surface area contributed by atoms with Gasteiger partial charge in [0.05, 0.1) is 0 Å². The van der Waals surface area contributed by atoms with Crippen molar-refractivity contribution in [3.63, 3.8) is 0 Å². The maximum Gasteiger partial charge on any atom is 0.220 e. The molecule has 0 saturated heterocycles. The number of aromatic nitrogens is 1. The fourth-order valence-corrected chi connectivity index (χ4v) is 3.45. The van der Waals surface area contributed by atoms with Crippen LogP contribution in [0.25, 0.3) is 10.9 Å². The van der Waals surface area contributed by atoms with E-state index in [9.17, 15) is 4.79 Å². The minimum Gasteiger partial charge on any atom is -0.361 e. The molecule has 1 amide bonds. The summed E-state index contributed by atoms with van der Waals surface area (Å²) in [6.07, 6.45) is 7.30. The first-order valence-electron chi connectivity index (χ1n) is 8.05. The first kappa shape index (κ1) is 14.2. The van der Waals surface area contributed by atoms with Crippen LogP contribution in [0.5, 0.6) is 0 Å². The fourth-order valence-electron chi connectivity index (χ4n) is 3.45. The molecule has 112 valence electrons. The van der Waals surface area contributed by atoms with Crippen molar-refractivity contribution in [1.82, 2.24) is 10.3 Å². The number of hydrogen-bond acceptors (Lipinski definition) is 1. The SMILES string of the molecule is CC1CCCC1CNC(=O)CCc1c[nH]c2ccccc12. The van der Waals surface area contributed by atoms with Crippen LogP contribution in [-0.4, -0.2) is 17.4 Å². The predicted molar refractivity (Wildman–Crippen MR) is 86.1 cm³/mol. The summed E-state index contributed by atoms with van der Waals surface area (Å²) in [6.45, 7) is 3.16. The molecule has 2 N–H and O–H groups in total. The van der Waals surface area contributed by atoms with Gasteiger partial charge in [-0.2, -0.15) is 0 Å². The molecule has 0 spiro atoms. The average Bonchev–Trinajstić information content (AvgIpc) is 3.09. The summed E-state index contributed by atoms with van der Waals surface area (Å²) < 4.78 is 0. The second-order valence-corrected chi connectivity index (χ2v) is 6.33. The smallest absolute Gasteiger partial charge is 0.220 e. The zero-order valence-electron chi connectivity index (χ0n) is 12.7.